The SMILES string of the molecule is CCOc1ccc(CCN(C)C(=O)C=O)cc1Cl. The Morgan fingerprint density at radius 2 is 2.22 bits per heavy atom. The third-order valence-electron chi connectivity index (χ3n) is 2.51. The lowest BCUT2D eigenvalue weighted by Crippen LogP contribution is -2.29. The zero-order chi connectivity index (χ0) is 13.5. The molecule has 0 radical (unpaired) electrons. The van der Waals surface area contributed by atoms with E-state index in [1.807, 2.05) is 25.1 Å². The number of amides is 1. The van der Waals surface area contributed by atoms with E-state index >= 15 is 0 Å². The zero-order valence-corrected chi connectivity index (χ0v) is 11.2. The van der Waals surface area contributed by atoms with Gasteiger partial charge in [0.15, 0.2) is 0 Å². The molecule has 0 fully saturated rings. The van der Waals surface area contributed by atoms with Gasteiger partial charge in [0, 0.05) is 13.6 Å². The van der Waals surface area contributed by atoms with Crippen LogP contribution in [0, 0.1) is 0 Å². The Morgan fingerprint density at radius 3 is 2.78 bits per heavy atom. The molecule has 0 saturated carbocycles. The van der Waals surface area contributed by atoms with Gasteiger partial charge in [0.25, 0.3) is 5.91 Å². The van der Waals surface area contributed by atoms with Crippen molar-refractivity contribution >= 4 is 23.8 Å². The summed E-state index contributed by atoms with van der Waals surface area (Å²) >= 11 is 6.05. The van der Waals surface area contributed by atoms with Crippen LogP contribution in [0.3, 0.4) is 0 Å². The third-order valence-corrected chi connectivity index (χ3v) is 2.80. The lowest BCUT2D eigenvalue weighted by Gasteiger charge is -2.14. The maximum absolute atomic E-state index is 11.1. The maximum Gasteiger partial charge on any atom is 0.286 e. The van der Waals surface area contributed by atoms with E-state index in [9.17, 15) is 9.59 Å². The number of aldehydes is 1. The number of nitrogens with zero attached hydrogens (tertiary/aromatic N) is 1. The van der Waals surface area contributed by atoms with E-state index in [1.165, 1.54) is 4.90 Å². The van der Waals surface area contributed by atoms with Gasteiger partial charge in [-0.2, -0.15) is 0 Å². The van der Waals surface area contributed by atoms with Crippen LogP contribution in [0.25, 0.3) is 0 Å². The van der Waals surface area contributed by atoms with E-state index in [0.29, 0.717) is 36.6 Å². The number of halogens is 1. The minimum absolute atomic E-state index is 0.311. The Kier molecular flexibility index (Phi) is 5.65. The van der Waals surface area contributed by atoms with Gasteiger partial charge in [-0.25, -0.2) is 0 Å². The Balaban J connectivity index is 2.61. The van der Waals surface area contributed by atoms with Gasteiger partial charge < -0.3 is 9.64 Å². The molecule has 1 rings (SSSR count). The van der Waals surface area contributed by atoms with Crippen molar-refractivity contribution in [3.8, 4) is 5.75 Å². The molecule has 0 saturated heterocycles. The largest absolute Gasteiger partial charge is 0.492 e. The van der Waals surface area contributed by atoms with Gasteiger partial charge in [-0.15, -0.1) is 0 Å². The average molecular weight is 270 g/mol. The minimum Gasteiger partial charge on any atom is -0.492 e. The first-order valence-corrected chi connectivity index (χ1v) is 6.07. The van der Waals surface area contributed by atoms with Crippen molar-refractivity contribution in [3.05, 3.63) is 28.8 Å². The van der Waals surface area contributed by atoms with Crippen LogP contribution < -0.4 is 4.74 Å². The van der Waals surface area contributed by atoms with Crippen LogP contribution in [-0.4, -0.2) is 37.3 Å². The highest BCUT2D eigenvalue weighted by atomic mass is 35.5. The van der Waals surface area contributed by atoms with Crippen LogP contribution in [0.2, 0.25) is 5.02 Å². The first kappa shape index (κ1) is 14.5. The highest BCUT2D eigenvalue weighted by Gasteiger charge is 2.08. The second-order valence-electron chi connectivity index (χ2n) is 3.83. The van der Waals surface area contributed by atoms with E-state index in [-0.39, 0.29) is 0 Å². The normalized spacial score (nSPS) is 9.94. The number of benzene rings is 1. The Bertz CT molecular complexity index is 434. The Labute approximate surface area is 111 Å². The van der Waals surface area contributed by atoms with E-state index < -0.39 is 5.91 Å². The number of hydrogen-bond acceptors (Lipinski definition) is 3. The molecule has 18 heavy (non-hydrogen) atoms. The van der Waals surface area contributed by atoms with Gasteiger partial charge in [0.1, 0.15) is 5.75 Å². The van der Waals surface area contributed by atoms with Gasteiger partial charge in [-0.1, -0.05) is 17.7 Å². The highest BCUT2D eigenvalue weighted by molar-refractivity contribution is 6.32. The summed E-state index contributed by atoms with van der Waals surface area (Å²) in [5.74, 6) is 0.132. The molecular formula is C13H16ClNO3. The minimum atomic E-state index is -0.521. The van der Waals surface area contributed by atoms with Gasteiger partial charge in [-0.3, -0.25) is 9.59 Å². The molecule has 98 valence electrons. The van der Waals surface area contributed by atoms with Crippen molar-refractivity contribution in [1.29, 1.82) is 0 Å². The molecular weight excluding hydrogens is 254 g/mol. The standard InChI is InChI=1S/C13H16ClNO3/c1-3-18-12-5-4-10(8-11(12)14)6-7-15(2)13(17)9-16/h4-5,8-9H,3,6-7H2,1-2H3. The zero-order valence-electron chi connectivity index (χ0n) is 10.5. The molecule has 1 aromatic carbocycles. The summed E-state index contributed by atoms with van der Waals surface area (Å²) in [6.07, 6.45) is 0.952. The van der Waals surface area contributed by atoms with Crippen molar-refractivity contribution in [3.63, 3.8) is 0 Å². The highest BCUT2D eigenvalue weighted by Crippen LogP contribution is 2.25. The topological polar surface area (TPSA) is 46.6 Å². The fourth-order valence-electron chi connectivity index (χ4n) is 1.47. The molecule has 0 aliphatic heterocycles. The van der Waals surface area contributed by atoms with Crippen LogP contribution in [0.5, 0.6) is 5.75 Å². The quantitative estimate of drug-likeness (QED) is 0.586. The number of rotatable bonds is 6. The molecule has 4 nitrogen and oxygen atoms in total. The van der Waals surface area contributed by atoms with Crippen molar-refractivity contribution < 1.29 is 14.3 Å². The number of carbonyl (C=O) groups excluding carboxylic acids is 2. The molecule has 0 unspecified atom stereocenters. The smallest absolute Gasteiger partial charge is 0.286 e. The summed E-state index contributed by atoms with van der Waals surface area (Å²) in [6.45, 7) is 2.93. The Hall–Kier alpha value is -1.55. The van der Waals surface area contributed by atoms with Gasteiger partial charge in [-0.05, 0) is 31.0 Å². The summed E-state index contributed by atoms with van der Waals surface area (Å²) < 4.78 is 5.33. The maximum atomic E-state index is 11.1. The van der Waals surface area contributed by atoms with Crippen molar-refractivity contribution in [2.45, 2.75) is 13.3 Å². The fourth-order valence-corrected chi connectivity index (χ4v) is 1.73. The lowest BCUT2D eigenvalue weighted by atomic mass is 10.1. The van der Waals surface area contributed by atoms with Crippen molar-refractivity contribution in [2.75, 3.05) is 20.2 Å². The molecule has 0 aliphatic rings. The second kappa shape index (κ2) is 7.01. The molecule has 0 N–H and O–H groups in total. The van der Waals surface area contributed by atoms with Crippen LogP contribution in [0.15, 0.2) is 18.2 Å². The Morgan fingerprint density at radius 1 is 1.50 bits per heavy atom. The van der Waals surface area contributed by atoms with E-state index in [0.717, 1.165) is 5.56 Å². The molecule has 0 spiro atoms. The summed E-state index contributed by atoms with van der Waals surface area (Å²) in [5.41, 5.74) is 0.994. The van der Waals surface area contributed by atoms with E-state index in [2.05, 4.69) is 0 Å². The fraction of sp³-hybridized carbons (Fsp3) is 0.385. The van der Waals surface area contributed by atoms with Crippen molar-refractivity contribution in [1.82, 2.24) is 4.90 Å². The predicted octanol–water partition coefficient (Wildman–Crippen LogP) is 1.94. The van der Waals surface area contributed by atoms with Crippen LogP contribution >= 0.6 is 11.6 Å². The number of likely N-dealkylation sites (N-methyl/N-ethyl adjacent to an activating group) is 1. The first-order valence-electron chi connectivity index (χ1n) is 5.70. The molecule has 1 amide bonds. The number of carbonyl (C=O) groups is 2. The number of hydrogen-bond donors (Lipinski definition) is 0. The first-order chi connectivity index (χ1) is 8.58. The van der Waals surface area contributed by atoms with Crippen molar-refractivity contribution in [2.24, 2.45) is 0 Å². The summed E-state index contributed by atoms with van der Waals surface area (Å²) in [4.78, 5) is 22.7. The van der Waals surface area contributed by atoms with Crippen LogP contribution in [-0.2, 0) is 16.0 Å². The molecule has 1 aromatic rings. The third kappa shape index (κ3) is 4.04. The molecule has 0 aliphatic carbocycles. The molecule has 0 bridgehead atoms. The molecule has 0 aromatic heterocycles. The molecule has 5 heteroatoms. The predicted molar refractivity (Wildman–Crippen MR) is 70.0 cm³/mol. The van der Waals surface area contributed by atoms with Crippen LogP contribution in [0.4, 0.5) is 0 Å². The number of ether oxygens (including phenoxy) is 1. The molecule has 0 atom stereocenters. The average Bonchev–Trinajstić information content (AvgIpc) is 2.38. The summed E-state index contributed by atoms with van der Waals surface area (Å²) in [6, 6.07) is 5.52. The lowest BCUT2D eigenvalue weighted by molar-refractivity contribution is -0.137. The van der Waals surface area contributed by atoms with Gasteiger partial charge in [0.2, 0.25) is 6.29 Å². The van der Waals surface area contributed by atoms with Gasteiger partial charge in [0.05, 0.1) is 11.6 Å². The van der Waals surface area contributed by atoms with Gasteiger partial charge >= 0.3 is 0 Å². The van der Waals surface area contributed by atoms with Crippen LogP contribution in [0.1, 0.15) is 12.5 Å². The molecule has 0 heterocycles. The summed E-state index contributed by atoms with van der Waals surface area (Å²) in [7, 11) is 1.59. The summed E-state index contributed by atoms with van der Waals surface area (Å²) in [5, 5.41) is 0.554. The monoisotopic (exact) mass is 269 g/mol. The van der Waals surface area contributed by atoms with E-state index in [4.69, 9.17) is 16.3 Å². The second-order valence-corrected chi connectivity index (χ2v) is 4.23. The van der Waals surface area contributed by atoms with E-state index in [1.54, 1.807) is 7.05 Å².